The summed E-state index contributed by atoms with van der Waals surface area (Å²) in [6.07, 6.45) is 3.75. The molecule has 0 radical (unpaired) electrons. The molecule has 0 aliphatic heterocycles. The van der Waals surface area contributed by atoms with Crippen LogP contribution in [0.1, 0.15) is 10.4 Å². The third kappa shape index (κ3) is 1.76. The largest absolute Gasteiger partial charge is 0.298 e. The highest BCUT2D eigenvalue weighted by Crippen LogP contribution is 2.23. The van der Waals surface area contributed by atoms with Crippen LogP contribution in [0.3, 0.4) is 0 Å². The van der Waals surface area contributed by atoms with Crippen molar-refractivity contribution < 1.29 is 9.18 Å². The second-order valence-corrected chi connectivity index (χ2v) is 3.06. The van der Waals surface area contributed by atoms with Gasteiger partial charge in [-0.1, -0.05) is 18.2 Å². The van der Waals surface area contributed by atoms with E-state index in [1.54, 1.807) is 36.7 Å². The van der Waals surface area contributed by atoms with Gasteiger partial charge in [-0.25, -0.2) is 4.39 Å². The molecule has 2 nitrogen and oxygen atoms in total. The number of hydrogen-bond acceptors (Lipinski definition) is 2. The summed E-state index contributed by atoms with van der Waals surface area (Å²) in [4.78, 5) is 14.7. The van der Waals surface area contributed by atoms with Crippen molar-refractivity contribution in [1.29, 1.82) is 0 Å². The lowest BCUT2D eigenvalue weighted by atomic mass is 10.0. The molecule has 0 fully saturated rings. The number of carbonyl (C=O) groups is 1. The average Bonchev–Trinajstić information content (AvgIpc) is 2.30. The van der Waals surface area contributed by atoms with Crippen LogP contribution in [0.4, 0.5) is 4.39 Å². The summed E-state index contributed by atoms with van der Waals surface area (Å²) in [5.41, 5.74) is 1.38. The molecule has 0 bridgehead atoms. The molecule has 0 atom stereocenters. The molecule has 1 aromatic carbocycles. The van der Waals surface area contributed by atoms with E-state index < -0.39 is 5.82 Å². The molecule has 2 aromatic rings. The maximum Gasteiger partial charge on any atom is 0.153 e. The molecule has 74 valence electrons. The van der Waals surface area contributed by atoms with Crippen LogP contribution in [0.25, 0.3) is 11.1 Å². The summed E-state index contributed by atoms with van der Waals surface area (Å²) in [5, 5.41) is 0. The summed E-state index contributed by atoms with van der Waals surface area (Å²) in [6.45, 7) is 0. The first-order valence-corrected chi connectivity index (χ1v) is 4.47. The second kappa shape index (κ2) is 4.00. The first-order chi connectivity index (χ1) is 7.33. The van der Waals surface area contributed by atoms with E-state index in [2.05, 4.69) is 4.98 Å². The molecule has 0 saturated carbocycles. The van der Waals surface area contributed by atoms with Crippen LogP contribution < -0.4 is 0 Å². The predicted molar refractivity (Wildman–Crippen MR) is 55.0 cm³/mol. The fraction of sp³-hybridized carbons (Fsp3) is 0. The summed E-state index contributed by atoms with van der Waals surface area (Å²) in [5.74, 6) is -0.508. The van der Waals surface area contributed by atoms with E-state index in [-0.39, 0.29) is 5.56 Å². The minimum absolute atomic E-state index is 0.0745. The molecular formula is C12H8FNO. The zero-order valence-electron chi connectivity index (χ0n) is 7.85. The zero-order valence-corrected chi connectivity index (χ0v) is 7.85. The highest BCUT2D eigenvalue weighted by atomic mass is 19.1. The van der Waals surface area contributed by atoms with Crippen LogP contribution in [0.5, 0.6) is 0 Å². The van der Waals surface area contributed by atoms with E-state index in [0.29, 0.717) is 11.8 Å². The van der Waals surface area contributed by atoms with Gasteiger partial charge in [0.25, 0.3) is 0 Å². The monoisotopic (exact) mass is 201 g/mol. The number of carbonyl (C=O) groups excluding carboxylic acids is 1. The average molecular weight is 201 g/mol. The predicted octanol–water partition coefficient (Wildman–Crippen LogP) is 2.70. The Labute approximate surface area is 86.4 Å². The van der Waals surface area contributed by atoms with Gasteiger partial charge in [0, 0.05) is 18.0 Å². The van der Waals surface area contributed by atoms with Crippen molar-refractivity contribution in [2.45, 2.75) is 0 Å². The molecule has 1 heterocycles. The fourth-order valence-electron chi connectivity index (χ4n) is 1.43. The first-order valence-electron chi connectivity index (χ1n) is 4.47. The van der Waals surface area contributed by atoms with Crippen LogP contribution in [0.15, 0.2) is 42.7 Å². The maximum atomic E-state index is 13.3. The summed E-state index contributed by atoms with van der Waals surface area (Å²) < 4.78 is 13.3. The Morgan fingerprint density at radius 1 is 1.20 bits per heavy atom. The molecule has 1 aromatic heterocycles. The lowest BCUT2D eigenvalue weighted by Gasteiger charge is -2.04. The Kier molecular flexibility index (Phi) is 2.54. The van der Waals surface area contributed by atoms with Crippen molar-refractivity contribution in [3.63, 3.8) is 0 Å². The molecular weight excluding hydrogens is 193 g/mol. The normalized spacial score (nSPS) is 9.93. The van der Waals surface area contributed by atoms with Gasteiger partial charge in [-0.3, -0.25) is 9.78 Å². The molecule has 0 aliphatic carbocycles. The van der Waals surface area contributed by atoms with E-state index in [1.165, 1.54) is 6.07 Å². The van der Waals surface area contributed by atoms with E-state index >= 15 is 0 Å². The van der Waals surface area contributed by atoms with Gasteiger partial charge in [-0.15, -0.1) is 0 Å². The number of halogens is 1. The van der Waals surface area contributed by atoms with Gasteiger partial charge in [0.15, 0.2) is 6.29 Å². The number of hydrogen-bond donors (Lipinski definition) is 0. The van der Waals surface area contributed by atoms with E-state index in [9.17, 15) is 9.18 Å². The fourth-order valence-corrected chi connectivity index (χ4v) is 1.43. The highest BCUT2D eigenvalue weighted by Gasteiger charge is 2.08. The second-order valence-electron chi connectivity index (χ2n) is 3.06. The molecule has 0 unspecified atom stereocenters. The maximum absolute atomic E-state index is 13.3. The minimum atomic E-state index is -0.508. The summed E-state index contributed by atoms with van der Waals surface area (Å²) >= 11 is 0. The van der Waals surface area contributed by atoms with Crippen LogP contribution >= 0.6 is 0 Å². The van der Waals surface area contributed by atoms with Crippen molar-refractivity contribution in [2.24, 2.45) is 0 Å². The van der Waals surface area contributed by atoms with Crippen molar-refractivity contribution in [3.05, 3.63) is 54.1 Å². The van der Waals surface area contributed by atoms with Crippen molar-refractivity contribution in [1.82, 2.24) is 4.98 Å². The quantitative estimate of drug-likeness (QED) is 0.699. The molecule has 0 aliphatic rings. The Morgan fingerprint density at radius 2 is 2.07 bits per heavy atom. The zero-order chi connectivity index (χ0) is 10.7. The number of pyridine rings is 1. The molecule has 2 rings (SSSR count). The van der Waals surface area contributed by atoms with Gasteiger partial charge in [0.05, 0.1) is 5.56 Å². The molecule has 0 N–H and O–H groups in total. The lowest BCUT2D eigenvalue weighted by molar-refractivity contribution is 0.112. The first kappa shape index (κ1) is 9.52. The van der Waals surface area contributed by atoms with Crippen LogP contribution in [-0.2, 0) is 0 Å². The summed E-state index contributed by atoms with van der Waals surface area (Å²) in [7, 11) is 0. The Balaban J connectivity index is 2.63. The van der Waals surface area contributed by atoms with Crippen molar-refractivity contribution in [2.75, 3.05) is 0 Å². The van der Waals surface area contributed by atoms with Crippen molar-refractivity contribution in [3.8, 4) is 11.1 Å². The SMILES string of the molecule is O=Cc1c(F)cccc1-c1cccnc1. The third-order valence-corrected chi connectivity index (χ3v) is 2.14. The number of benzene rings is 1. The van der Waals surface area contributed by atoms with Gasteiger partial charge >= 0.3 is 0 Å². The molecule has 0 spiro atoms. The lowest BCUT2D eigenvalue weighted by Crippen LogP contribution is -1.92. The Hall–Kier alpha value is -2.03. The topological polar surface area (TPSA) is 30.0 Å². The molecule has 3 heteroatoms. The van der Waals surface area contributed by atoms with E-state index in [1.807, 2.05) is 0 Å². The third-order valence-electron chi connectivity index (χ3n) is 2.14. The highest BCUT2D eigenvalue weighted by molar-refractivity contribution is 5.87. The van der Waals surface area contributed by atoms with Gasteiger partial charge < -0.3 is 0 Å². The van der Waals surface area contributed by atoms with Gasteiger partial charge in [-0.05, 0) is 17.7 Å². The smallest absolute Gasteiger partial charge is 0.153 e. The molecule has 0 saturated heterocycles. The standard InChI is InChI=1S/C12H8FNO/c13-12-5-1-4-10(11(12)8-15)9-3-2-6-14-7-9/h1-8H. The van der Waals surface area contributed by atoms with Crippen LogP contribution in [0.2, 0.25) is 0 Å². The number of aldehydes is 1. The van der Waals surface area contributed by atoms with E-state index in [4.69, 9.17) is 0 Å². The van der Waals surface area contributed by atoms with E-state index in [0.717, 1.165) is 5.56 Å². The number of rotatable bonds is 2. The summed E-state index contributed by atoms with van der Waals surface area (Å²) in [6, 6.07) is 8.07. The molecule has 15 heavy (non-hydrogen) atoms. The number of aromatic nitrogens is 1. The van der Waals surface area contributed by atoms with Gasteiger partial charge in [0.1, 0.15) is 5.82 Å². The number of nitrogens with zero attached hydrogens (tertiary/aromatic N) is 1. The van der Waals surface area contributed by atoms with Crippen molar-refractivity contribution >= 4 is 6.29 Å². The van der Waals surface area contributed by atoms with Crippen LogP contribution in [-0.4, -0.2) is 11.3 Å². The van der Waals surface area contributed by atoms with Crippen LogP contribution in [0, 0.1) is 5.82 Å². The minimum Gasteiger partial charge on any atom is -0.298 e. The van der Waals surface area contributed by atoms with Gasteiger partial charge in [0.2, 0.25) is 0 Å². The van der Waals surface area contributed by atoms with Gasteiger partial charge in [-0.2, -0.15) is 0 Å². The Morgan fingerprint density at radius 3 is 2.73 bits per heavy atom. The molecule has 0 amide bonds. The Bertz CT molecular complexity index is 482.